The van der Waals surface area contributed by atoms with Crippen molar-refractivity contribution in [3.8, 4) is 22.5 Å². The van der Waals surface area contributed by atoms with E-state index in [4.69, 9.17) is 5.73 Å². The molecule has 0 bridgehead atoms. The number of hydrogen-bond donors (Lipinski definition) is 1. The molecule has 2 aliphatic heterocycles. The zero-order valence-corrected chi connectivity index (χ0v) is 19.5. The quantitative estimate of drug-likeness (QED) is 0.490. The normalized spacial score (nSPS) is 17.3. The van der Waals surface area contributed by atoms with Crippen LogP contribution in [0, 0.1) is 0 Å². The Kier molecular flexibility index (Phi) is 5.61. The number of carbonyl (C=O) groups excluding carboxylic acids is 1. The lowest BCUT2D eigenvalue weighted by molar-refractivity contribution is 0.0639. The summed E-state index contributed by atoms with van der Waals surface area (Å²) in [7, 11) is 0. The number of nitrogen functional groups attached to an aromatic ring is 1. The Labute approximate surface area is 203 Å². The molecule has 0 aromatic carbocycles. The smallest absolute Gasteiger partial charge is 0.272 e. The van der Waals surface area contributed by atoms with Gasteiger partial charge in [-0.2, -0.15) is 0 Å². The minimum atomic E-state index is -0.0125. The van der Waals surface area contributed by atoms with Crippen LogP contribution < -0.4 is 5.73 Å². The van der Waals surface area contributed by atoms with E-state index in [1.54, 1.807) is 23.0 Å². The van der Waals surface area contributed by atoms with Gasteiger partial charge in [0.25, 0.3) is 5.91 Å². The van der Waals surface area contributed by atoms with Crippen LogP contribution in [-0.2, 0) is 0 Å². The number of aromatic nitrogens is 5. The molecule has 178 valence electrons. The van der Waals surface area contributed by atoms with E-state index in [9.17, 15) is 4.79 Å². The average molecular weight is 469 g/mol. The van der Waals surface area contributed by atoms with Crippen LogP contribution in [0.2, 0.25) is 0 Å². The number of hydrogen-bond acceptors (Lipinski definition) is 7. The third kappa shape index (κ3) is 4.12. The number of rotatable bonds is 4. The molecule has 4 aromatic heterocycles. The lowest BCUT2D eigenvalue weighted by Crippen LogP contribution is -2.46. The SMILES string of the molecule is Nc1nn2cc(-c3cccc(C(=O)N4CCC(N5CCCC5)CC4)n3)cnc2c1-c1ccccn1. The lowest BCUT2D eigenvalue weighted by atomic mass is 10.0. The van der Waals surface area contributed by atoms with E-state index in [1.165, 1.54) is 25.9 Å². The number of likely N-dealkylation sites (tertiary alicyclic amines) is 2. The molecule has 0 saturated carbocycles. The standard InChI is InChI=1S/C26H28N8O/c27-24-23(21-6-1-2-11-28-21)25-29-16-18(17-34(25)31-24)20-7-5-8-22(30-20)26(35)33-14-9-19(10-15-33)32-12-3-4-13-32/h1-2,5-8,11,16-17,19H,3-4,9-10,12-15H2,(H2,27,31). The van der Waals surface area contributed by atoms with Crippen LogP contribution in [-0.4, -0.2) is 72.5 Å². The highest BCUT2D eigenvalue weighted by Crippen LogP contribution is 2.29. The summed E-state index contributed by atoms with van der Waals surface area (Å²) < 4.78 is 1.65. The summed E-state index contributed by atoms with van der Waals surface area (Å²) in [5.41, 5.74) is 10.1. The molecule has 2 fully saturated rings. The van der Waals surface area contributed by atoms with Gasteiger partial charge in [-0.25, -0.2) is 14.5 Å². The first-order valence-electron chi connectivity index (χ1n) is 12.2. The Morgan fingerprint density at radius 3 is 2.51 bits per heavy atom. The molecule has 6 heterocycles. The fourth-order valence-corrected chi connectivity index (χ4v) is 5.26. The van der Waals surface area contributed by atoms with Gasteiger partial charge in [0, 0.05) is 43.3 Å². The van der Waals surface area contributed by atoms with Crippen molar-refractivity contribution in [3.63, 3.8) is 0 Å². The zero-order chi connectivity index (χ0) is 23.8. The maximum absolute atomic E-state index is 13.2. The van der Waals surface area contributed by atoms with Gasteiger partial charge in [0.05, 0.1) is 17.0 Å². The zero-order valence-electron chi connectivity index (χ0n) is 19.5. The molecule has 2 aliphatic rings. The molecule has 0 radical (unpaired) electrons. The number of pyridine rings is 2. The topological polar surface area (TPSA) is 106 Å². The number of amides is 1. The van der Waals surface area contributed by atoms with Crippen LogP contribution in [0.1, 0.15) is 36.2 Å². The molecule has 6 rings (SSSR count). The van der Waals surface area contributed by atoms with Crippen molar-refractivity contribution in [3.05, 3.63) is 60.7 Å². The van der Waals surface area contributed by atoms with Gasteiger partial charge in [-0.1, -0.05) is 12.1 Å². The van der Waals surface area contributed by atoms with Crippen LogP contribution in [0.4, 0.5) is 5.82 Å². The second-order valence-corrected chi connectivity index (χ2v) is 9.26. The molecular weight excluding hydrogens is 440 g/mol. The minimum absolute atomic E-state index is 0.0125. The Balaban J connectivity index is 1.22. The molecule has 2 N–H and O–H groups in total. The molecule has 35 heavy (non-hydrogen) atoms. The largest absolute Gasteiger partial charge is 0.382 e. The van der Waals surface area contributed by atoms with E-state index in [0.29, 0.717) is 34.5 Å². The summed E-state index contributed by atoms with van der Waals surface area (Å²) in [6.45, 7) is 3.96. The van der Waals surface area contributed by atoms with Gasteiger partial charge in [0.1, 0.15) is 5.69 Å². The summed E-state index contributed by atoms with van der Waals surface area (Å²) in [4.78, 5) is 31.4. The molecule has 9 nitrogen and oxygen atoms in total. The monoisotopic (exact) mass is 468 g/mol. The fourth-order valence-electron chi connectivity index (χ4n) is 5.26. The molecule has 0 unspecified atom stereocenters. The van der Waals surface area contributed by atoms with Gasteiger partial charge in [-0.15, -0.1) is 5.10 Å². The van der Waals surface area contributed by atoms with Crippen LogP contribution in [0.15, 0.2) is 55.0 Å². The van der Waals surface area contributed by atoms with Gasteiger partial charge in [0.15, 0.2) is 11.5 Å². The molecule has 1 amide bonds. The molecule has 2 saturated heterocycles. The van der Waals surface area contributed by atoms with E-state index >= 15 is 0 Å². The summed E-state index contributed by atoms with van der Waals surface area (Å²) in [5, 5.41) is 4.43. The molecule has 0 spiro atoms. The van der Waals surface area contributed by atoms with E-state index in [2.05, 4.69) is 25.0 Å². The Bertz CT molecular complexity index is 1350. The summed E-state index contributed by atoms with van der Waals surface area (Å²) in [6, 6.07) is 11.8. The van der Waals surface area contributed by atoms with Crippen LogP contribution in [0.5, 0.6) is 0 Å². The van der Waals surface area contributed by atoms with E-state index in [-0.39, 0.29) is 5.91 Å². The first-order chi connectivity index (χ1) is 17.2. The van der Waals surface area contributed by atoms with E-state index < -0.39 is 0 Å². The van der Waals surface area contributed by atoms with E-state index in [0.717, 1.165) is 37.2 Å². The van der Waals surface area contributed by atoms with Gasteiger partial charge >= 0.3 is 0 Å². The number of anilines is 1. The maximum Gasteiger partial charge on any atom is 0.272 e. The fraction of sp³-hybridized carbons (Fsp3) is 0.346. The Morgan fingerprint density at radius 2 is 1.74 bits per heavy atom. The highest BCUT2D eigenvalue weighted by molar-refractivity contribution is 5.93. The van der Waals surface area contributed by atoms with Crippen LogP contribution in [0.3, 0.4) is 0 Å². The number of piperidine rings is 1. The second kappa shape index (κ2) is 9.07. The molecule has 4 aromatic rings. The molecular formula is C26H28N8O. The highest BCUT2D eigenvalue weighted by atomic mass is 16.2. The van der Waals surface area contributed by atoms with Crippen molar-refractivity contribution >= 4 is 17.4 Å². The summed E-state index contributed by atoms with van der Waals surface area (Å²) in [5.74, 6) is 0.351. The first kappa shape index (κ1) is 21.7. The van der Waals surface area contributed by atoms with Gasteiger partial charge in [-0.05, 0) is 63.0 Å². The van der Waals surface area contributed by atoms with Gasteiger partial charge in [0.2, 0.25) is 0 Å². The highest BCUT2D eigenvalue weighted by Gasteiger charge is 2.29. The number of carbonyl (C=O) groups is 1. The van der Waals surface area contributed by atoms with Crippen molar-refractivity contribution in [2.75, 3.05) is 31.9 Å². The third-order valence-electron chi connectivity index (χ3n) is 7.09. The number of nitrogens with two attached hydrogens (primary N) is 1. The summed E-state index contributed by atoms with van der Waals surface area (Å²) >= 11 is 0. The number of fused-ring (bicyclic) bond motifs is 1. The van der Waals surface area contributed by atoms with Gasteiger partial charge < -0.3 is 15.5 Å². The van der Waals surface area contributed by atoms with Crippen molar-refractivity contribution in [2.24, 2.45) is 0 Å². The Morgan fingerprint density at radius 1 is 0.943 bits per heavy atom. The second-order valence-electron chi connectivity index (χ2n) is 9.26. The van der Waals surface area contributed by atoms with Crippen molar-refractivity contribution in [1.29, 1.82) is 0 Å². The van der Waals surface area contributed by atoms with Gasteiger partial charge in [-0.3, -0.25) is 9.78 Å². The van der Waals surface area contributed by atoms with Crippen molar-refractivity contribution < 1.29 is 4.79 Å². The average Bonchev–Trinajstić information content (AvgIpc) is 3.56. The molecule has 0 atom stereocenters. The van der Waals surface area contributed by atoms with Crippen LogP contribution >= 0.6 is 0 Å². The maximum atomic E-state index is 13.2. The minimum Gasteiger partial charge on any atom is -0.382 e. The first-order valence-corrected chi connectivity index (χ1v) is 12.2. The van der Waals surface area contributed by atoms with Crippen molar-refractivity contribution in [1.82, 2.24) is 34.4 Å². The van der Waals surface area contributed by atoms with E-state index in [1.807, 2.05) is 41.4 Å². The molecule has 9 heteroatoms. The predicted octanol–water partition coefficient (Wildman–Crippen LogP) is 3.14. The van der Waals surface area contributed by atoms with Crippen LogP contribution in [0.25, 0.3) is 28.2 Å². The predicted molar refractivity (Wildman–Crippen MR) is 134 cm³/mol. The number of nitrogens with zero attached hydrogens (tertiary/aromatic N) is 7. The molecule has 0 aliphatic carbocycles. The summed E-state index contributed by atoms with van der Waals surface area (Å²) in [6.07, 6.45) is 9.95. The lowest BCUT2D eigenvalue weighted by Gasteiger charge is -2.36. The van der Waals surface area contributed by atoms with Crippen molar-refractivity contribution in [2.45, 2.75) is 31.7 Å². The third-order valence-corrected chi connectivity index (χ3v) is 7.09. The Hall–Kier alpha value is -3.85.